The van der Waals surface area contributed by atoms with Crippen molar-refractivity contribution in [1.29, 1.82) is 0 Å². The first-order valence-electron chi connectivity index (χ1n) is 11.7. The minimum Gasteiger partial charge on any atom is -0.440 e. The van der Waals surface area contributed by atoms with Gasteiger partial charge in [0.15, 0.2) is 17.3 Å². The van der Waals surface area contributed by atoms with Gasteiger partial charge in [0.2, 0.25) is 0 Å². The lowest BCUT2D eigenvalue weighted by molar-refractivity contribution is -0.274. The molecule has 0 saturated carbocycles. The Balaban J connectivity index is 1.70. The fourth-order valence-electron chi connectivity index (χ4n) is 4.19. The molecule has 0 unspecified atom stereocenters. The Morgan fingerprint density at radius 3 is 2.12 bits per heavy atom. The molecule has 12 heteroatoms. The number of hydrogen-bond acceptors (Lipinski definition) is 4. The normalized spacial score (nSPS) is 12.1. The van der Waals surface area contributed by atoms with Crippen LogP contribution in [0.5, 0.6) is 5.75 Å². The van der Waals surface area contributed by atoms with Crippen LogP contribution in [0.25, 0.3) is 39.4 Å². The molecule has 2 heterocycles. The number of nitrogens with zero attached hydrogens (tertiary/aromatic N) is 3. The lowest BCUT2D eigenvalue weighted by Gasteiger charge is -2.13. The van der Waals surface area contributed by atoms with Crippen molar-refractivity contribution in [2.75, 3.05) is 0 Å². The molecule has 0 aliphatic heterocycles. The Morgan fingerprint density at radius 1 is 0.825 bits per heavy atom. The predicted octanol–water partition coefficient (Wildman–Crippen LogP) is 9.05. The molecule has 206 valence electrons. The Morgan fingerprint density at radius 2 is 1.50 bits per heavy atom. The molecule has 0 aliphatic rings. The molecule has 0 amide bonds. The van der Waals surface area contributed by atoms with E-state index in [0.717, 1.165) is 33.5 Å². The fraction of sp³-hybridized carbons (Fsp3) is 0.143. The SMILES string of the molecule is Cc1cccc(-c2ccc(-n3nc(C(F)(F)F)cc3Cl)c(-c3nc(C)oc3-c3ccc(OC(F)(F)F)cc3)c2)c1. The van der Waals surface area contributed by atoms with Crippen molar-refractivity contribution in [3.05, 3.63) is 95.1 Å². The number of halogens is 7. The zero-order valence-electron chi connectivity index (χ0n) is 20.7. The van der Waals surface area contributed by atoms with Gasteiger partial charge in [-0.25, -0.2) is 9.67 Å². The van der Waals surface area contributed by atoms with E-state index in [2.05, 4.69) is 14.8 Å². The molecule has 0 spiro atoms. The van der Waals surface area contributed by atoms with Crippen molar-refractivity contribution in [1.82, 2.24) is 14.8 Å². The summed E-state index contributed by atoms with van der Waals surface area (Å²) in [6.07, 6.45) is -9.59. The van der Waals surface area contributed by atoms with Crippen molar-refractivity contribution < 1.29 is 35.5 Å². The zero-order valence-corrected chi connectivity index (χ0v) is 21.5. The van der Waals surface area contributed by atoms with E-state index in [4.69, 9.17) is 16.0 Å². The first kappa shape index (κ1) is 27.3. The highest BCUT2D eigenvalue weighted by atomic mass is 35.5. The van der Waals surface area contributed by atoms with Crippen molar-refractivity contribution >= 4 is 11.6 Å². The zero-order chi connectivity index (χ0) is 28.8. The Kier molecular flexibility index (Phi) is 6.87. The second-order valence-corrected chi connectivity index (χ2v) is 9.23. The number of aromatic nitrogens is 3. The highest BCUT2D eigenvalue weighted by Gasteiger charge is 2.35. The highest BCUT2D eigenvalue weighted by molar-refractivity contribution is 6.30. The lowest BCUT2D eigenvalue weighted by atomic mass is 9.97. The molecule has 2 aromatic heterocycles. The van der Waals surface area contributed by atoms with Gasteiger partial charge in [0.25, 0.3) is 0 Å². The minimum atomic E-state index is -4.86. The van der Waals surface area contributed by atoms with Crippen LogP contribution in [0.4, 0.5) is 26.3 Å². The number of aryl methyl sites for hydroxylation is 2. The van der Waals surface area contributed by atoms with Gasteiger partial charge in [-0.1, -0.05) is 47.5 Å². The van der Waals surface area contributed by atoms with Gasteiger partial charge in [0.1, 0.15) is 16.6 Å². The fourth-order valence-corrected chi connectivity index (χ4v) is 4.43. The summed E-state index contributed by atoms with van der Waals surface area (Å²) in [4.78, 5) is 4.48. The van der Waals surface area contributed by atoms with E-state index in [1.807, 2.05) is 31.2 Å². The topological polar surface area (TPSA) is 53.1 Å². The summed E-state index contributed by atoms with van der Waals surface area (Å²) in [5.74, 6) is -0.0349. The maximum atomic E-state index is 13.4. The summed E-state index contributed by atoms with van der Waals surface area (Å²) in [6.45, 7) is 3.49. The second-order valence-electron chi connectivity index (χ2n) is 8.85. The molecular formula is C28H18ClF6N3O2. The molecule has 5 rings (SSSR count). The maximum absolute atomic E-state index is 13.4. The summed E-state index contributed by atoms with van der Waals surface area (Å²) in [7, 11) is 0. The number of benzene rings is 3. The van der Waals surface area contributed by atoms with E-state index in [1.54, 1.807) is 25.1 Å². The molecule has 0 atom stereocenters. The van der Waals surface area contributed by atoms with Crippen LogP contribution in [0.2, 0.25) is 5.15 Å². The van der Waals surface area contributed by atoms with Crippen LogP contribution in [-0.2, 0) is 6.18 Å². The van der Waals surface area contributed by atoms with E-state index in [0.29, 0.717) is 17.2 Å². The average Bonchev–Trinajstić information content (AvgIpc) is 3.46. The largest absolute Gasteiger partial charge is 0.573 e. The standard InChI is InChI=1S/C28H18ClF6N3O2/c1-15-4-3-5-18(12-15)19-8-11-22(38-24(29)14-23(37-38)27(30,31)32)21(13-19)25-26(39-16(2)36-25)17-6-9-20(10-7-17)40-28(33,34)35/h3-14H,1-2H3. The van der Waals surface area contributed by atoms with Gasteiger partial charge in [-0.3, -0.25) is 0 Å². The van der Waals surface area contributed by atoms with Gasteiger partial charge in [0.05, 0.1) is 5.69 Å². The van der Waals surface area contributed by atoms with Crippen LogP contribution in [0.1, 0.15) is 17.1 Å². The molecule has 0 N–H and O–H groups in total. The minimum absolute atomic E-state index is 0.179. The molecule has 0 bridgehead atoms. The Hall–Kier alpha value is -4.25. The molecule has 0 fully saturated rings. The van der Waals surface area contributed by atoms with E-state index in [1.165, 1.54) is 12.1 Å². The molecule has 3 aromatic carbocycles. The van der Waals surface area contributed by atoms with Crippen molar-refractivity contribution in [3.8, 4) is 45.1 Å². The van der Waals surface area contributed by atoms with Gasteiger partial charge >= 0.3 is 12.5 Å². The number of ether oxygens (including phenoxy) is 1. The number of oxazole rings is 1. The van der Waals surface area contributed by atoms with Gasteiger partial charge in [0, 0.05) is 24.1 Å². The summed E-state index contributed by atoms with van der Waals surface area (Å²) in [5, 5.41) is 3.40. The molecule has 0 radical (unpaired) electrons. The van der Waals surface area contributed by atoms with Crippen LogP contribution in [0.3, 0.4) is 0 Å². The predicted molar refractivity (Wildman–Crippen MR) is 136 cm³/mol. The third-order valence-corrected chi connectivity index (χ3v) is 6.14. The third-order valence-electron chi connectivity index (χ3n) is 5.87. The summed E-state index contributed by atoms with van der Waals surface area (Å²) in [5.41, 5.74) is 2.48. The van der Waals surface area contributed by atoms with Crippen molar-refractivity contribution in [2.45, 2.75) is 26.4 Å². The summed E-state index contributed by atoms with van der Waals surface area (Å²) >= 11 is 6.21. The molecule has 5 nitrogen and oxygen atoms in total. The first-order chi connectivity index (χ1) is 18.8. The van der Waals surface area contributed by atoms with Crippen molar-refractivity contribution in [2.24, 2.45) is 0 Å². The summed E-state index contributed by atoms with van der Waals surface area (Å²) in [6, 6.07) is 18.3. The van der Waals surface area contributed by atoms with Gasteiger partial charge in [-0.05, 0) is 54.4 Å². The second kappa shape index (κ2) is 10.1. The molecular weight excluding hydrogens is 560 g/mol. The Bertz CT molecular complexity index is 1690. The van der Waals surface area contributed by atoms with Crippen LogP contribution in [0.15, 0.2) is 77.2 Å². The first-order valence-corrected chi connectivity index (χ1v) is 12.0. The average molecular weight is 578 g/mol. The van der Waals surface area contributed by atoms with E-state index in [-0.39, 0.29) is 28.2 Å². The van der Waals surface area contributed by atoms with Crippen LogP contribution in [-0.4, -0.2) is 21.1 Å². The highest BCUT2D eigenvalue weighted by Crippen LogP contribution is 2.40. The van der Waals surface area contributed by atoms with Gasteiger partial charge in [-0.15, -0.1) is 13.2 Å². The van der Waals surface area contributed by atoms with E-state index < -0.39 is 24.0 Å². The lowest BCUT2D eigenvalue weighted by Crippen LogP contribution is -2.16. The number of hydrogen-bond donors (Lipinski definition) is 0. The quantitative estimate of drug-likeness (QED) is 0.196. The van der Waals surface area contributed by atoms with Crippen LogP contribution < -0.4 is 4.74 Å². The molecule has 40 heavy (non-hydrogen) atoms. The van der Waals surface area contributed by atoms with Crippen molar-refractivity contribution in [3.63, 3.8) is 0 Å². The molecule has 0 saturated heterocycles. The Labute approximate surface area is 228 Å². The number of rotatable bonds is 5. The van der Waals surface area contributed by atoms with Gasteiger partial charge in [-0.2, -0.15) is 18.3 Å². The monoisotopic (exact) mass is 577 g/mol. The third kappa shape index (κ3) is 5.69. The molecule has 5 aromatic rings. The van der Waals surface area contributed by atoms with E-state index in [9.17, 15) is 26.3 Å². The summed E-state index contributed by atoms with van der Waals surface area (Å²) < 4.78 is 88.9. The van der Waals surface area contributed by atoms with Crippen LogP contribution in [0, 0.1) is 13.8 Å². The molecule has 0 aliphatic carbocycles. The number of alkyl halides is 6. The smallest absolute Gasteiger partial charge is 0.440 e. The van der Waals surface area contributed by atoms with Gasteiger partial charge < -0.3 is 9.15 Å². The van der Waals surface area contributed by atoms with E-state index >= 15 is 0 Å². The van der Waals surface area contributed by atoms with Crippen LogP contribution >= 0.6 is 11.6 Å². The maximum Gasteiger partial charge on any atom is 0.573 e.